The van der Waals surface area contributed by atoms with Crippen molar-refractivity contribution in [3.63, 3.8) is 0 Å². The molecule has 0 radical (unpaired) electrons. The molecular weight excluding hydrogens is 265 g/mol. The van der Waals surface area contributed by atoms with E-state index < -0.39 is 22.1 Å². The maximum atomic E-state index is 11.9. The highest BCUT2D eigenvalue weighted by Crippen LogP contribution is 2.19. The minimum atomic E-state index is -4.65. The van der Waals surface area contributed by atoms with E-state index in [1.54, 1.807) is 24.3 Å². The van der Waals surface area contributed by atoms with Crippen molar-refractivity contribution in [3.8, 4) is 6.07 Å². The summed E-state index contributed by atoms with van der Waals surface area (Å²) < 4.78 is 46.5. The molecule has 0 fully saturated rings. The molecule has 0 saturated heterocycles. The normalized spacial score (nSPS) is 13.0. The van der Waals surface area contributed by atoms with Crippen LogP contribution in [0.15, 0.2) is 24.3 Å². The zero-order valence-electron chi connectivity index (χ0n) is 9.33. The molecule has 1 unspecified atom stereocenters. The Kier molecular flexibility index (Phi) is 5.31. The van der Waals surface area contributed by atoms with E-state index >= 15 is 0 Å². The number of benzene rings is 1. The Morgan fingerprint density at radius 1 is 1.39 bits per heavy atom. The molecule has 1 atom stereocenters. The number of nitriles is 1. The molecule has 0 aromatic heterocycles. The van der Waals surface area contributed by atoms with Gasteiger partial charge in [0.1, 0.15) is 10.8 Å². The Bertz CT molecular complexity index is 468. The van der Waals surface area contributed by atoms with Crippen molar-refractivity contribution in [1.29, 1.82) is 5.26 Å². The molecule has 0 bridgehead atoms. The zero-order chi connectivity index (χ0) is 13.6. The van der Waals surface area contributed by atoms with Crippen LogP contribution in [0.2, 0.25) is 0 Å². The molecule has 0 aliphatic carbocycles. The third-order valence-corrected chi connectivity index (χ3v) is 3.20. The minimum absolute atomic E-state index is 0.00288. The van der Waals surface area contributed by atoms with Gasteiger partial charge in [-0.25, -0.2) is 0 Å². The lowest BCUT2D eigenvalue weighted by Crippen LogP contribution is -2.26. The Morgan fingerprint density at radius 2 is 2.11 bits per heavy atom. The number of rotatable bonds is 5. The van der Waals surface area contributed by atoms with Crippen molar-refractivity contribution >= 4 is 10.8 Å². The van der Waals surface area contributed by atoms with Crippen molar-refractivity contribution in [3.05, 3.63) is 35.4 Å². The summed E-state index contributed by atoms with van der Waals surface area (Å²) in [5.74, 6) is -0.471. The summed E-state index contributed by atoms with van der Waals surface area (Å²) in [6.07, 6.45) is 0. The highest BCUT2D eigenvalue weighted by molar-refractivity contribution is 7.85. The van der Waals surface area contributed by atoms with Crippen LogP contribution in [0.3, 0.4) is 0 Å². The molecular formula is C11H11F3N2OS. The molecule has 0 heterocycles. The highest BCUT2D eigenvalue weighted by atomic mass is 32.2. The SMILES string of the molecule is N#Cc1cccc(CNCCS(=O)C(F)(F)F)c1. The summed E-state index contributed by atoms with van der Waals surface area (Å²) in [6.45, 7) is 0.341. The summed E-state index contributed by atoms with van der Waals surface area (Å²) in [6, 6.07) is 8.71. The van der Waals surface area contributed by atoms with Crippen molar-refractivity contribution in [2.45, 2.75) is 12.1 Å². The molecule has 3 nitrogen and oxygen atoms in total. The lowest BCUT2D eigenvalue weighted by atomic mass is 10.1. The van der Waals surface area contributed by atoms with E-state index in [0.717, 1.165) is 5.56 Å². The van der Waals surface area contributed by atoms with Gasteiger partial charge >= 0.3 is 5.51 Å². The highest BCUT2D eigenvalue weighted by Gasteiger charge is 2.35. The number of hydrogen-bond acceptors (Lipinski definition) is 3. The van der Waals surface area contributed by atoms with E-state index in [4.69, 9.17) is 5.26 Å². The van der Waals surface area contributed by atoms with Crippen molar-refractivity contribution in [2.24, 2.45) is 0 Å². The van der Waals surface area contributed by atoms with Crippen LogP contribution in [-0.2, 0) is 17.3 Å². The molecule has 1 aromatic carbocycles. The van der Waals surface area contributed by atoms with Crippen LogP contribution in [0.25, 0.3) is 0 Å². The molecule has 0 saturated carbocycles. The van der Waals surface area contributed by atoms with Crippen LogP contribution in [0.5, 0.6) is 0 Å². The van der Waals surface area contributed by atoms with Gasteiger partial charge in [-0.2, -0.15) is 18.4 Å². The first-order valence-corrected chi connectivity index (χ1v) is 6.40. The lowest BCUT2D eigenvalue weighted by molar-refractivity contribution is -0.0384. The maximum Gasteiger partial charge on any atom is 0.471 e. The van der Waals surface area contributed by atoms with Gasteiger partial charge in [0.15, 0.2) is 0 Å². The Hall–Kier alpha value is -1.39. The van der Waals surface area contributed by atoms with E-state index in [9.17, 15) is 17.4 Å². The molecule has 98 valence electrons. The molecule has 1 rings (SSSR count). The van der Waals surface area contributed by atoms with Gasteiger partial charge in [0.25, 0.3) is 0 Å². The molecule has 0 aliphatic heterocycles. The molecule has 18 heavy (non-hydrogen) atoms. The molecule has 1 aromatic rings. The average Bonchev–Trinajstić information content (AvgIpc) is 2.33. The van der Waals surface area contributed by atoms with Gasteiger partial charge in [0.2, 0.25) is 0 Å². The van der Waals surface area contributed by atoms with E-state index in [2.05, 4.69) is 5.32 Å². The number of nitrogens with one attached hydrogen (secondary N) is 1. The molecule has 7 heteroatoms. The predicted molar refractivity (Wildman–Crippen MR) is 61.9 cm³/mol. The zero-order valence-corrected chi connectivity index (χ0v) is 10.1. The topological polar surface area (TPSA) is 52.9 Å². The van der Waals surface area contributed by atoms with Crippen molar-refractivity contribution < 1.29 is 17.4 Å². The largest absolute Gasteiger partial charge is 0.471 e. The van der Waals surface area contributed by atoms with Gasteiger partial charge < -0.3 is 5.32 Å². The fourth-order valence-electron chi connectivity index (χ4n) is 1.26. The summed E-state index contributed by atoms with van der Waals surface area (Å²) in [4.78, 5) is 0. The summed E-state index contributed by atoms with van der Waals surface area (Å²) in [5, 5.41) is 11.4. The van der Waals surface area contributed by atoms with E-state index in [-0.39, 0.29) is 6.54 Å². The number of nitrogens with zero attached hydrogens (tertiary/aromatic N) is 1. The van der Waals surface area contributed by atoms with Crippen LogP contribution in [-0.4, -0.2) is 22.0 Å². The Balaban J connectivity index is 2.34. The van der Waals surface area contributed by atoms with Gasteiger partial charge in [-0.05, 0) is 17.7 Å². The second kappa shape index (κ2) is 6.52. The standard InChI is InChI=1S/C11H11F3N2OS/c12-11(13,14)18(17)5-4-16-8-10-3-1-2-9(6-10)7-15/h1-3,6,16H,4-5,8H2. The van der Waals surface area contributed by atoms with Crippen molar-refractivity contribution in [2.75, 3.05) is 12.3 Å². The monoisotopic (exact) mass is 276 g/mol. The molecule has 0 amide bonds. The lowest BCUT2D eigenvalue weighted by Gasteiger charge is -2.07. The first-order chi connectivity index (χ1) is 8.43. The van der Waals surface area contributed by atoms with E-state index in [1.165, 1.54) is 0 Å². The average molecular weight is 276 g/mol. The van der Waals surface area contributed by atoms with E-state index in [0.29, 0.717) is 12.1 Å². The van der Waals surface area contributed by atoms with Crippen LogP contribution >= 0.6 is 0 Å². The van der Waals surface area contributed by atoms with Gasteiger partial charge in [0, 0.05) is 18.8 Å². The van der Waals surface area contributed by atoms with Crippen molar-refractivity contribution in [1.82, 2.24) is 5.32 Å². The molecule has 1 N–H and O–H groups in total. The van der Waals surface area contributed by atoms with E-state index in [1.807, 2.05) is 6.07 Å². The third kappa shape index (κ3) is 4.85. The first-order valence-electron chi connectivity index (χ1n) is 5.08. The molecule has 0 aliphatic rings. The number of alkyl halides is 3. The molecule has 0 spiro atoms. The van der Waals surface area contributed by atoms with Crippen LogP contribution in [0, 0.1) is 11.3 Å². The summed E-state index contributed by atoms with van der Waals surface area (Å²) >= 11 is 0. The maximum absolute atomic E-state index is 11.9. The van der Waals surface area contributed by atoms with Crippen LogP contribution in [0.4, 0.5) is 13.2 Å². The predicted octanol–water partition coefficient (Wildman–Crippen LogP) is 1.92. The quantitative estimate of drug-likeness (QED) is 0.836. The summed E-state index contributed by atoms with van der Waals surface area (Å²) in [5.41, 5.74) is -3.36. The van der Waals surface area contributed by atoms with Gasteiger partial charge in [-0.1, -0.05) is 12.1 Å². The number of hydrogen-bond donors (Lipinski definition) is 1. The second-order valence-electron chi connectivity index (χ2n) is 3.48. The smallest absolute Gasteiger partial charge is 0.312 e. The number of halogens is 3. The second-order valence-corrected chi connectivity index (χ2v) is 5.05. The van der Waals surface area contributed by atoms with Gasteiger partial charge in [-0.3, -0.25) is 4.21 Å². The van der Waals surface area contributed by atoms with Gasteiger partial charge in [-0.15, -0.1) is 0 Å². The fourth-order valence-corrected chi connectivity index (χ4v) is 1.83. The summed E-state index contributed by atoms with van der Waals surface area (Å²) in [7, 11) is -2.82. The first kappa shape index (κ1) is 14.7. The Morgan fingerprint density at radius 3 is 2.72 bits per heavy atom. The van der Waals surface area contributed by atoms with Crippen LogP contribution < -0.4 is 5.32 Å². The van der Waals surface area contributed by atoms with Gasteiger partial charge in [0.05, 0.1) is 11.6 Å². The minimum Gasteiger partial charge on any atom is -0.312 e. The Labute approximate surface area is 105 Å². The fraction of sp³-hybridized carbons (Fsp3) is 0.364. The van der Waals surface area contributed by atoms with Crippen LogP contribution in [0.1, 0.15) is 11.1 Å². The third-order valence-electron chi connectivity index (χ3n) is 2.11.